The third-order valence-electron chi connectivity index (χ3n) is 4.16. The Kier molecular flexibility index (Phi) is 5.23. The molecule has 1 fully saturated rings. The number of piperazine rings is 1. The molecule has 1 saturated heterocycles. The molecule has 0 radical (unpaired) electrons. The third-order valence-corrected chi connectivity index (χ3v) is 4.16. The average Bonchev–Trinajstić information content (AvgIpc) is 2.45. The van der Waals surface area contributed by atoms with Gasteiger partial charge in [0.2, 0.25) is 5.91 Å². The van der Waals surface area contributed by atoms with E-state index in [0.717, 1.165) is 26.2 Å². The largest absolute Gasteiger partial charge is 0.506 e. The fraction of sp³-hybridized carbons (Fsp3) is 0.500. The third kappa shape index (κ3) is 4.94. The molecule has 1 aromatic rings. The summed E-state index contributed by atoms with van der Waals surface area (Å²) >= 11 is 0. The van der Waals surface area contributed by atoms with Crippen LogP contribution in [0.3, 0.4) is 0 Å². The maximum absolute atomic E-state index is 12.3. The van der Waals surface area contributed by atoms with Crippen LogP contribution in [0.5, 0.6) is 5.75 Å². The van der Waals surface area contributed by atoms with Gasteiger partial charge in [0.1, 0.15) is 5.75 Å². The van der Waals surface area contributed by atoms with Crippen molar-refractivity contribution in [2.45, 2.75) is 6.92 Å². The lowest BCUT2D eigenvalue weighted by Crippen LogP contribution is -2.58. The average molecular weight is 321 g/mol. The number of anilines is 2. The predicted octanol–water partition coefficient (Wildman–Crippen LogP) is 0.681. The van der Waals surface area contributed by atoms with Crippen LogP contribution in [0, 0.1) is 0 Å². The van der Waals surface area contributed by atoms with Crippen LogP contribution in [0.4, 0.5) is 11.4 Å². The number of nitrogens with one attached hydrogen (secondary N) is 2. The summed E-state index contributed by atoms with van der Waals surface area (Å²) in [5.41, 5.74) is 0.843. The van der Waals surface area contributed by atoms with E-state index < -0.39 is 0 Å². The zero-order valence-electron chi connectivity index (χ0n) is 13.9. The molecule has 23 heavy (non-hydrogen) atoms. The van der Waals surface area contributed by atoms with Gasteiger partial charge in [0.25, 0.3) is 5.91 Å². The molecule has 1 heterocycles. The van der Waals surface area contributed by atoms with Gasteiger partial charge in [-0.3, -0.25) is 14.5 Å². The zero-order chi connectivity index (χ0) is 17.0. The normalized spacial score (nSPS) is 17.5. The summed E-state index contributed by atoms with van der Waals surface area (Å²) in [7, 11) is 4.16. The molecule has 2 amide bonds. The van der Waals surface area contributed by atoms with Crippen molar-refractivity contribution in [1.82, 2.24) is 4.90 Å². The summed E-state index contributed by atoms with van der Waals surface area (Å²) in [6.07, 6.45) is 0. The highest BCUT2D eigenvalue weighted by atomic mass is 16.3. The Balaban J connectivity index is 1.96. The van der Waals surface area contributed by atoms with Crippen LogP contribution in [-0.4, -0.2) is 73.1 Å². The highest BCUT2D eigenvalue weighted by Gasteiger charge is 2.29. The molecule has 7 nitrogen and oxygen atoms in total. The van der Waals surface area contributed by atoms with Crippen LogP contribution < -0.4 is 10.6 Å². The Morgan fingerprint density at radius 1 is 1.26 bits per heavy atom. The number of aromatic hydroxyl groups is 1. The SMILES string of the molecule is CC(=O)Nc1ccc(NC(=O)C[N+]2(C)CCN(C)CC2)c(O)c1. The van der Waals surface area contributed by atoms with E-state index in [1.165, 1.54) is 13.0 Å². The molecule has 0 unspecified atom stereocenters. The Morgan fingerprint density at radius 2 is 1.91 bits per heavy atom. The van der Waals surface area contributed by atoms with Crippen molar-refractivity contribution in [2.24, 2.45) is 0 Å². The first kappa shape index (κ1) is 17.2. The highest BCUT2D eigenvalue weighted by Crippen LogP contribution is 2.27. The smallest absolute Gasteiger partial charge is 0.279 e. The number of rotatable bonds is 4. The van der Waals surface area contributed by atoms with Crippen molar-refractivity contribution in [1.29, 1.82) is 0 Å². The van der Waals surface area contributed by atoms with Crippen molar-refractivity contribution in [3.05, 3.63) is 18.2 Å². The summed E-state index contributed by atoms with van der Waals surface area (Å²) in [5.74, 6) is -0.404. The van der Waals surface area contributed by atoms with Crippen LogP contribution in [0.2, 0.25) is 0 Å². The van der Waals surface area contributed by atoms with E-state index in [0.29, 0.717) is 22.4 Å². The van der Waals surface area contributed by atoms with E-state index in [2.05, 4.69) is 29.6 Å². The van der Waals surface area contributed by atoms with Crippen LogP contribution >= 0.6 is 0 Å². The van der Waals surface area contributed by atoms with Crippen LogP contribution in [0.25, 0.3) is 0 Å². The van der Waals surface area contributed by atoms with Gasteiger partial charge in [0.05, 0.1) is 25.8 Å². The first-order valence-electron chi connectivity index (χ1n) is 7.70. The van der Waals surface area contributed by atoms with Crippen molar-refractivity contribution < 1.29 is 19.2 Å². The molecular weight excluding hydrogens is 296 g/mol. The van der Waals surface area contributed by atoms with Crippen molar-refractivity contribution in [3.63, 3.8) is 0 Å². The van der Waals surface area contributed by atoms with Gasteiger partial charge in [-0.2, -0.15) is 0 Å². The number of quaternary nitrogens is 1. The van der Waals surface area contributed by atoms with Crippen molar-refractivity contribution >= 4 is 23.2 Å². The molecule has 3 N–H and O–H groups in total. The number of phenolic OH excluding ortho intramolecular Hbond substituents is 1. The molecule has 0 aromatic heterocycles. The number of likely N-dealkylation sites (N-methyl/N-ethyl adjacent to an activating group) is 2. The van der Waals surface area contributed by atoms with E-state index in [9.17, 15) is 14.7 Å². The first-order valence-corrected chi connectivity index (χ1v) is 7.70. The van der Waals surface area contributed by atoms with Crippen molar-refractivity contribution in [2.75, 3.05) is 57.5 Å². The molecule has 126 valence electrons. The molecule has 7 heteroatoms. The molecule has 1 aromatic carbocycles. The summed E-state index contributed by atoms with van der Waals surface area (Å²) in [4.78, 5) is 25.5. The van der Waals surface area contributed by atoms with Gasteiger partial charge in [-0.15, -0.1) is 0 Å². The molecule has 0 aliphatic carbocycles. The topological polar surface area (TPSA) is 81.7 Å². The fourth-order valence-electron chi connectivity index (χ4n) is 2.66. The first-order chi connectivity index (χ1) is 10.8. The van der Waals surface area contributed by atoms with Gasteiger partial charge in [0.15, 0.2) is 6.54 Å². The van der Waals surface area contributed by atoms with Gasteiger partial charge >= 0.3 is 0 Å². The van der Waals surface area contributed by atoms with Crippen LogP contribution in [0.15, 0.2) is 18.2 Å². The number of carbonyl (C=O) groups is 2. The summed E-state index contributed by atoms with van der Waals surface area (Å²) in [5, 5.41) is 15.3. The number of benzene rings is 1. The summed E-state index contributed by atoms with van der Waals surface area (Å²) in [6.45, 7) is 5.57. The predicted molar refractivity (Wildman–Crippen MR) is 89.3 cm³/mol. The molecule has 0 atom stereocenters. The van der Waals surface area contributed by atoms with Gasteiger partial charge in [-0.05, 0) is 19.2 Å². The lowest BCUT2D eigenvalue weighted by molar-refractivity contribution is -0.905. The molecule has 1 aliphatic rings. The second-order valence-corrected chi connectivity index (χ2v) is 6.49. The summed E-state index contributed by atoms with van der Waals surface area (Å²) in [6, 6.07) is 4.65. The minimum absolute atomic E-state index is 0.0642. The summed E-state index contributed by atoms with van der Waals surface area (Å²) < 4.78 is 0.695. The van der Waals surface area contributed by atoms with Gasteiger partial charge in [0, 0.05) is 31.8 Å². The van der Waals surface area contributed by atoms with Gasteiger partial charge in [-0.1, -0.05) is 0 Å². The highest BCUT2D eigenvalue weighted by molar-refractivity contribution is 5.94. The van der Waals surface area contributed by atoms with E-state index in [1.54, 1.807) is 12.1 Å². The Labute approximate surface area is 136 Å². The van der Waals surface area contributed by atoms with Crippen LogP contribution in [0.1, 0.15) is 6.92 Å². The van der Waals surface area contributed by atoms with Gasteiger partial charge < -0.3 is 20.2 Å². The van der Waals surface area contributed by atoms with E-state index in [-0.39, 0.29) is 17.6 Å². The Hall–Kier alpha value is -2.12. The van der Waals surface area contributed by atoms with E-state index in [1.807, 2.05) is 0 Å². The van der Waals surface area contributed by atoms with Gasteiger partial charge in [-0.25, -0.2) is 0 Å². The standard InChI is InChI=1S/C16H24N4O3/c1-12(21)17-13-4-5-14(15(22)10-13)18-16(23)11-20(3)8-6-19(2)7-9-20/h4-5,10H,6-9,11H2,1-3H3,(H2-,17,18,21,22,23)/p+1. The number of phenols is 1. The molecule has 2 rings (SSSR count). The Bertz CT molecular complexity index is 595. The van der Waals surface area contributed by atoms with E-state index in [4.69, 9.17) is 0 Å². The van der Waals surface area contributed by atoms with Crippen molar-refractivity contribution in [3.8, 4) is 5.75 Å². The number of carbonyl (C=O) groups excluding carboxylic acids is 2. The second-order valence-electron chi connectivity index (χ2n) is 6.49. The number of hydrogen-bond donors (Lipinski definition) is 3. The fourth-order valence-corrected chi connectivity index (χ4v) is 2.66. The Morgan fingerprint density at radius 3 is 2.48 bits per heavy atom. The minimum Gasteiger partial charge on any atom is -0.506 e. The molecular formula is C16H25N4O3+. The molecule has 0 spiro atoms. The van der Waals surface area contributed by atoms with E-state index >= 15 is 0 Å². The van der Waals surface area contributed by atoms with Crippen LogP contribution in [-0.2, 0) is 9.59 Å². The molecule has 0 saturated carbocycles. The maximum atomic E-state index is 12.3. The monoisotopic (exact) mass is 321 g/mol. The lowest BCUT2D eigenvalue weighted by atomic mass is 10.2. The molecule has 1 aliphatic heterocycles. The maximum Gasteiger partial charge on any atom is 0.279 e. The second kappa shape index (κ2) is 6.97. The minimum atomic E-state index is -0.214. The quantitative estimate of drug-likeness (QED) is 0.563. The molecule has 0 bridgehead atoms. The lowest BCUT2D eigenvalue weighted by Gasteiger charge is -2.40. The number of nitrogens with zero attached hydrogens (tertiary/aromatic N) is 2. The zero-order valence-corrected chi connectivity index (χ0v) is 13.9. The number of amides is 2. The number of hydrogen-bond acceptors (Lipinski definition) is 4.